The minimum Gasteiger partial charge on any atom is -0.469 e. The fourth-order valence-electron chi connectivity index (χ4n) is 2.06. The highest BCUT2D eigenvalue weighted by atomic mass is 16.5. The zero-order valence-corrected chi connectivity index (χ0v) is 9.90. The first kappa shape index (κ1) is 12.5. The molecule has 0 aromatic carbocycles. The highest BCUT2D eigenvalue weighted by Gasteiger charge is 2.33. The molecule has 2 N–H and O–H groups in total. The van der Waals surface area contributed by atoms with E-state index in [0.717, 1.165) is 12.5 Å². The quantitative estimate of drug-likeness (QED) is 0.653. The van der Waals surface area contributed by atoms with Gasteiger partial charge in [-0.1, -0.05) is 6.92 Å². The van der Waals surface area contributed by atoms with Crippen LogP contribution in [0.25, 0.3) is 0 Å². The molecule has 4 heteroatoms. The third kappa shape index (κ3) is 3.47. The van der Waals surface area contributed by atoms with E-state index in [9.17, 15) is 4.79 Å². The number of nitrogens with zero attached hydrogens (tertiary/aromatic N) is 1. The number of carbonyl (C=O) groups excluding carboxylic acids is 1. The second kappa shape index (κ2) is 5.47. The molecule has 0 aromatic rings. The molecule has 1 saturated carbocycles. The predicted octanol–water partition coefficient (Wildman–Crippen LogP) is 0.465. The molecule has 0 spiro atoms. The molecule has 1 rings (SSSR count). The van der Waals surface area contributed by atoms with Gasteiger partial charge in [0.25, 0.3) is 0 Å². The highest BCUT2D eigenvalue weighted by Crippen LogP contribution is 2.34. The number of hydrogen-bond donors (Lipinski definition) is 1. The van der Waals surface area contributed by atoms with Crippen molar-refractivity contribution in [2.75, 3.05) is 27.2 Å². The van der Waals surface area contributed by atoms with Crippen molar-refractivity contribution in [1.82, 2.24) is 4.90 Å². The molecule has 0 bridgehead atoms. The number of likely N-dealkylation sites (N-methyl/N-ethyl adjacent to an activating group) is 1. The maximum atomic E-state index is 11.3. The van der Waals surface area contributed by atoms with Crippen LogP contribution in [0.2, 0.25) is 0 Å². The van der Waals surface area contributed by atoms with Crippen LogP contribution in [0, 0.1) is 11.8 Å². The first-order valence-electron chi connectivity index (χ1n) is 5.58. The second-order valence-corrected chi connectivity index (χ2v) is 4.50. The molecular formula is C11H22N2O2. The van der Waals surface area contributed by atoms with Gasteiger partial charge in [0.1, 0.15) is 0 Å². The summed E-state index contributed by atoms with van der Waals surface area (Å²) in [6.45, 7) is 3.29. The Morgan fingerprint density at radius 3 is 2.60 bits per heavy atom. The van der Waals surface area contributed by atoms with Crippen LogP contribution < -0.4 is 5.73 Å². The monoisotopic (exact) mass is 214 g/mol. The number of esters is 1. The lowest BCUT2D eigenvalue weighted by Gasteiger charge is -2.28. The molecule has 88 valence electrons. The van der Waals surface area contributed by atoms with Crippen molar-refractivity contribution in [3.63, 3.8) is 0 Å². The minimum atomic E-state index is -0.145. The SMILES string of the molecule is COC(=O)C(C)CN(C)C(CN)C1CC1. The van der Waals surface area contributed by atoms with Gasteiger partial charge in [0.15, 0.2) is 0 Å². The molecule has 2 unspecified atom stereocenters. The van der Waals surface area contributed by atoms with Crippen molar-refractivity contribution in [3.8, 4) is 0 Å². The summed E-state index contributed by atoms with van der Waals surface area (Å²) in [7, 11) is 3.47. The van der Waals surface area contributed by atoms with Crippen LogP contribution >= 0.6 is 0 Å². The van der Waals surface area contributed by atoms with Crippen molar-refractivity contribution >= 4 is 5.97 Å². The van der Waals surface area contributed by atoms with E-state index in [-0.39, 0.29) is 11.9 Å². The number of nitrogens with two attached hydrogens (primary N) is 1. The van der Waals surface area contributed by atoms with Crippen molar-refractivity contribution in [2.24, 2.45) is 17.6 Å². The van der Waals surface area contributed by atoms with E-state index in [0.29, 0.717) is 12.6 Å². The maximum absolute atomic E-state index is 11.3. The summed E-state index contributed by atoms with van der Waals surface area (Å²) in [6, 6.07) is 0.428. The van der Waals surface area contributed by atoms with E-state index < -0.39 is 0 Å². The van der Waals surface area contributed by atoms with Crippen molar-refractivity contribution in [1.29, 1.82) is 0 Å². The third-order valence-electron chi connectivity index (χ3n) is 3.14. The van der Waals surface area contributed by atoms with Crippen molar-refractivity contribution in [2.45, 2.75) is 25.8 Å². The Morgan fingerprint density at radius 1 is 1.60 bits per heavy atom. The van der Waals surface area contributed by atoms with Crippen LogP contribution in [0.1, 0.15) is 19.8 Å². The Labute approximate surface area is 91.8 Å². The van der Waals surface area contributed by atoms with E-state index in [4.69, 9.17) is 10.5 Å². The van der Waals surface area contributed by atoms with Crippen LogP contribution in [0.4, 0.5) is 0 Å². The lowest BCUT2D eigenvalue weighted by Crippen LogP contribution is -2.43. The molecule has 0 aliphatic heterocycles. The molecular weight excluding hydrogens is 192 g/mol. The topological polar surface area (TPSA) is 55.6 Å². The normalized spacial score (nSPS) is 20.1. The Bertz CT molecular complexity index is 217. The Hall–Kier alpha value is -0.610. The second-order valence-electron chi connectivity index (χ2n) is 4.50. The number of rotatable bonds is 6. The fraction of sp³-hybridized carbons (Fsp3) is 0.909. The van der Waals surface area contributed by atoms with E-state index in [1.54, 1.807) is 0 Å². The standard InChI is InChI=1S/C11H22N2O2/c1-8(11(14)15-3)7-13(2)10(6-12)9-4-5-9/h8-10H,4-7,12H2,1-3H3. The van der Waals surface area contributed by atoms with Gasteiger partial charge in [-0.25, -0.2) is 0 Å². The highest BCUT2D eigenvalue weighted by molar-refractivity contribution is 5.72. The molecule has 2 atom stereocenters. The minimum absolute atomic E-state index is 0.0761. The molecule has 0 saturated heterocycles. The summed E-state index contributed by atoms with van der Waals surface area (Å²) in [5.41, 5.74) is 5.74. The zero-order valence-electron chi connectivity index (χ0n) is 9.90. The van der Waals surface area contributed by atoms with Crippen LogP contribution in [0.5, 0.6) is 0 Å². The summed E-state index contributed by atoms with van der Waals surface area (Å²) >= 11 is 0. The van der Waals surface area contributed by atoms with Gasteiger partial charge in [-0.05, 0) is 25.8 Å². The van der Waals surface area contributed by atoms with Gasteiger partial charge >= 0.3 is 5.97 Å². The predicted molar refractivity (Wildman–Crippen MR) is 59.4 cm³/mol. The molecule has 15 heavy (non-hydrogen) atoms. The average Bonchev–Trinajstić information content (AvgIpc) is 3.01. The number of carbonyl (C=O) groups is 1. The Morgan fingerprint density at radius 2 is 2.20 bits per heavy atom. The van der Waals surface area contributed by atoms with Gasteiger partial charge in [0.05, 0.1) is 13.0 Å². The summed E-state index contributed by atoms with van der Waals surface area (Å²) in [5, 5.41) is 0. The van der Waals surface area contributed by atoms with Gasteiger partial charge in [-0.15, -0.1) is 0 Å². The fourth-order valence-corrected chi connectivity index (χ4v) is 2.06. The van der Waals surface area contributed by atoms with Crippen LogP contribution in [0.3, 0.4) is 0 Å². The number of ether oxygens (including phenoxy) is 1. The van der Waals surface area contributed by atoms with Gasteiger partial charge < -0.3 is 15.4 Å². The van der Waals surface area contributed by atoms with Crippen molar-refractivity contribution < 1.29 is 9.53 Å². The van der Waals surface area contributed by atoms with E-state index in [2.05, 4.69) is 4.90 Å². The first-order chi connectivity index (χ1) is 7.10. The van der Waals surface area contributed by atoms with Gasteiger partial charge in [-0.2, -0.15) is 0 Å². The van der Waals surface area contributed by atoms with E-state index in [1.807, 2.05) is 14.0 Å². The van der Waals surface area contributed by atoms with Gasteiger partial charge in [0, 0.05) is 19.1 Å². The average molecular weight is 214 g/mol. The molecule has 1 aliphatic carbocycles. The maximum Gasteiger partial charge on any atom is 0.309 e. The number of methoxy groups -OCH3 is 1. The largest absolute Gasteiger partial charge is 0.469 e. The molecule has 1 fully saturated rings. The lowest BCUT2D eigenvalue weighted by atomic mass is 10.1. The van der Waals surface area contributed by atoms with E-state index in [1.165, 1.54) is 20.0 Å². The molecule has 4 nitrogen and oxygen atoms in total. The molecule has 0 aromatic heterocycles. The first-order valence-corrected chi connectivity index (χ1v) is 5.58. The third-order valence-corrected chi connectivity index (χ3v) is 3.14. The lowest BCUT2D eigenvalue weighted by molar-refractivity contribution is -0.145. The van der Waals surface area contributed by atoms with Crippen LogP contribution in [-0.2, 0) is 9.53 Å². The van der Waals surface area contributed by atoms with Crippen LogP contribution in [-0.4, -0.2) is 44.2 Å². The van der Waals surface area contributed by atoms with Gasteiger partial charge in [0.2, 0.25) is 0 Å². The summed E-state index contributed by atoms with van der Waals surface area (Å²) in [5.74, 6) is 0.520. The molecule has 0 radical (unpaired) electrons. The van der Waals surface area contributed by atoms with Gasteiger partial charge in [-0.3, -0.25) is 4.79 Å². The molecule has 0 amide bonds. The summed E-state index contributed by atoms with van der Waals surface area (Å²) in [6.07, 6.45) is 2.55. The van der Waals surface area contributed by atoms with Crippen molar-refractivity contribution in [3.05, 3.63) is 0 Å². The smallest absolute Gasteiger partial charge is 0.309 e. The van der Waals surface area contributed by atoms with Crippen LogP contribution in [0.15, 0.2) is 0 Å². The summed E-state index contributed by atoms with van der Waals surface area (Å²) < 4.78 is 4.71. The van der Waals surface area contributed by atoms with E-state index >= 15 is 0 Å². The molecule has 0 heterocycles. The Balaban J connectivity index is 2.38. The number of hydrogen-bond acceptors (Lipinski definition) is 4. The zero-order chi connectivity index (χ0) is 11.4. The molecule has 1 aliphatic rings. The Kier molecular flexibility index (Phi) is 4.54. The summed E-state index contributed by atoms with van der Waals surface area (Å²) in [4.78, 5) is 13.5.